The SMILES string of the molecule is c1ccc(-c2cccc(-n3c4ccccc4c4c(-c5ccc6c7cccc8c9ccccc9n(c6c5)c87)cccc43)c2)cc1. The van der Waals surface area contributed by atoms with Crippen molar-refractivity contribution in [2.75, 3.05) is 0 Å². The Hall–Kier alpha value is -5.86. The third-order valence-electron chi connectivity index (χ3n) is 9.44. The van der Waals surface area contributed by atoms with E-state index in [0.717, 1.165) is 0 Å². The molecule has 3 aromatic heterocycles. The van der Waals surface area contributed by atoms with Crippen LogP contribution in [-0.4, -0.2) is 8.97 Å². The predicted molar refractivity (Wildman–Crippen MR) is 186 cm³/mol. The first-order valence-corrected chi connectivity index (χ1v) is 15.2. The lowest BCUT2D eigenvalue weighted by Crippen LogP contribution is -1.94. The van der Waals surface area contributed by atoms with Crippen LogP contribution in [0, 0.1) is 0 Å². The summed E-state index contributed by atoms with van der Waals surface area (Å²) in [7, 11) is 0. The Balaban J connectivity index is 1.26. The van der Waals surface area contributed by atoms with Gasteiger partial charge in [0.1, 0.15) is 0 Å². The van der Waals surface area contributed by atoms with Gasteiger partial charge in [0.15, 0.2) is 0 Å². The van der Waals surface area contributed by atoms with Gasteiger partial charge in [-0.25, -0.2) is 0 Å². The molecule has 0 spiro atoms. The van der Waals surface area contributed by atoms with E-state index in [1.807, 2.05) is 0 Å². The van der Waals surface area contributed by atoms with Crippen molar-refractivity contribution in [1.29, 1.82) is 0 Å². The highest BCUT2D eigenvalue weighted by Crippen LogP contribution is 2.43. The average Bonchev–Trinajstić information content (AvgIpc) is 3.74. The van der Waals surface area contributed by atoms with Crippen LogP contribution < -0.4 is 0 Å². The summed E-state index contributed by atoms with van der Waals surface area (Å²) in [5.74, 6) is 0. The minimum atomic E-state index is 1.17. The fourth-order valence-electron chi connectivity index (χ4n) is 7.59. The third-order valence-corrected chi connectivity index (χ3v) is 9.44. The van der Waals surface area contributed by atoms with E-state index >= 15 is 0 Å². The van der Waals surface area contributed by atoms with Gasteiger partial charge < -0.3 is 8.97 Å². The molecule has 0 fully saturated rings. The molecule has 2 heteroatoms. The second kappa shape index (κ2) is 8.82. The zero-order valence-electron chi connectivity index (χ0n) is 23.9. The zero-order valence-corrected chi connectivity index (χ0v) is 23.9. The summed E-state index contributed by atoms with van der Waals surface area (Å²) in [6.07, 6.45) is 0. The molecule has 44 heavy (non-hydrogen) atoms. The van der Waals surface area contributed by atoms with E-state index in [4.69, 9.17) is 0 Å². The Morgan fingerprint density at radius 1 is 0.341 bits per heavy atom. The molecule has 0 saturated heterocycles. The number of rotatable bonds is 3. The van der Waals surface area contributed by atoms with Crippen molar-refractivity contribution in [3.05, 3.63) is 158 Å². The summed E-state index contributed by atoms with van der Waals surface area (Å²) >= 11 is 0. The van der Waals surface area contributed by atoms with E-state index in [0.29, 0.717) is 0 Å². The zero-order chi connectivity index (χ0) is 28.8. The van der Waals surface area contributed by atoms with Gasteiger partial charge >= 0.3 is 0 Å². The minimum absolute atomic E-state index is 1.17. The number of fused-ring (bicyclic) bond motifs is 9. The molecule has 0 bridgehead atoms. The number of para-hydroxylation sites is 3. The van der Waals surface area contributed by atoms with E-state index < -0.39 is 0 Å². The Morgan fingerprint density at radius 3 is 1.84 bits per heavy atom. The highest BCUT2D eigenvalue weighted by Gasteiger charge is 2.20. The molecule has 204 valence electrons. The summed E-state index contributed by atoms with van der Waals surface area (Å²) < 4.78 is 4.89. The first-order chi connectivity index (χ1) is 21.8. The van der Waals surface area contributed by atoms with Crippen LogP contribution in [0.15, 0.2) is 158 Å². The van der Waals surface area contributed by atoms with Crippen molar-refractivity contribution in [3.8, 4) is 27.9 Å². The predicted octanol–water partition coefficient (Wildman–Crippen LogP) is 11.3. The molecule has 0 radical (unpaired) electrons. The van der Waals surface area contributed by atoms with Crippen molar-refractivity contribution < 1.29 is 0 Å². The summed E-state index contributed by atoms with van der Waals surface area (Å²) in [6, 6.07) is 57.6. The molecule has 0 aliphatic carbocycles. The standard InChI is InChI=1S/C42H26N2/c1-2-11-27(12-3-1)28-13-8-14-30(25-28)43-38-21-7-5-16-36(38)41-31(17-10-22-39(41)43)29-23-24-33-35-19-9-18-34-32-15-4-6-20-37(32)44(42(34)35)40(33)26-29/h1-26H. The van der Waals surface area contributed by atoms with Crippen molar-refractivity contribution in [2.24, 2.45) is 0 Å². The third kappa shape index (κ3) is 3.14. The lowest BCUT2D eigenvalue weighted by atomic mass is 9.98. The van der Waals surface area contributed by atoms with Crippen LogP contribution in [0.3, 0.4) is 0 Å². The van der Waals surface area contributed by atoms with Crippen LogP contribution in [0.25, 0.3) is 87.8 Å². The molecule has 0 saturated carbocycles. The molecule has 3 heterocycles. The molecule has 7 aromatic carbocycles. The summed E-state index contributed by atoms with van der Waals surface area (Å²) in [6.45, 7) is 0. The molecular formula is C42H26N2. The molecular weight excluding hydrogens is 532 g/mol. The monoisotopic (exact) mass is 558 g/mol. The van der Waals surface area contributed by atoms with Gasteiger partial charge in [0.05, 0.1) is 27.6 Å². The van der Waals surface area contributed by atoms with Crippen LogP contribution in [0.4, 0.5) is 0 Å². The maximum absolute atomic E-state index is 2.47. The number of hydrogen-bond acceptors (Lipinski definition) is 0. The van der Waals surface area contributed by atoms with Crippen molar-refractivity contribution >= 4 is 59.9 Å². The molecule has 10 rings (SSSR count). The maximum atomic E-state index is 2.47. The Kier molecular flexibility index (Phi) is 4.75. The number of benzene rings is 7. The highest BCUT2D eigenvalue weighted by atomic mass is 15.0. The minimum Gasteiger partial charge on any atom is -0.309 e. The molecule has 0 amide bonds. The van der Waals surface area contributed by atoms with Crippen LogP contribution >= 0.6 is 0 Å². The highest BCUT2D eigenvalue weighted by molar-refractivity contribution is 6.24. The van der Waals surface area contributed by atoms with Crippen LogP contribution in [0.1, 0.15) is 0 Å². The summed E-state index contributed by atoms with van der Waals surface area (Å²) in [5.41, 5.74) is 12.4. The van der Waals surface area contributed by atoms with Gasteiger partial charge in [-0.05, 0) is 58.7 Å². The van der Waals surface area contributed by atoms with Crippen molar-refractivity contribution in [3.63, 3.8) is 0 Å². The van der Waals surface area contributed by atoms with Gasteiger partial charge in [-0.2, -0.15) is 0 Å². The van der Waals surface area contributed by atoms with Crippen LogP contribution in [0.2, 0.25) is 0 Å². The second-order valence-electron chi connectivity index (χ2n) is 11.8. The van der Waals surface area contributed by atoms with Gasteiger partial charge in [-0.3, -0.25) is 0 Å². The Bertz CT molecular complexity index is 2710. The molecule has 0 unspecified atom stereocenters. The normalized spacial score (nSPS) is 12.1. The molecule has 0 N–H and O–H groups in total. The van der Waals surface area contributed by atoms with E-state index in [9.17, 15) is 0 Å². The topological polar surface area (TPSA) is 9.34 Å². The second-order valence-corrected chi connectivity index (χ2v) is 11.8. The molecule has 2 nitrogen and oxygen atoms in total. The van der Waals surface area contributed by atoms with Gasteiger partial charge in [-0.15, -0.1) is 0 Å². The molecule has 0 atom stereocenters. The van der Waals surface area contributed by atoms with Crippen molar-refractivity contribution in [2.45, 2.75) is 0 Å². The van der Waals surface area contributed by atoms with Gasteiger partial charge in [-0.1, -0.05) is 121 Å². The lowest BCUT2D eigenvalue weighted by molar-refractivity contribution is 1.18. The quantitative estimate of drug-likeness (QED) is 0.204. The summed E-state index contributed by atoms with van der Waals surface area (Å²) in [5, 5.41) is 7.79. The first-order valence-electron chi connectivity index (χ1n) is 15.2. The fraction of sp³-hybridized carbons (Fsp3) is 0. The van der Waals surface area contributed by atoms with E-state index in [2.05, 4.69) is 167 Å². The van der Waals surface area contributed by atoms with E-state index in [-0.39, 0.29) is 0 Å². The first kappa shape index (κ1) is 23.7. The van der Waals surface area contributed by atoms with Crippen molar-refractivity contribution in [1.82, 2.24) is 8.97 Å². The molecule has 0 aliphatic heterocycles. The maximum Gasteiger partial charge on any atom is 0.0620 e. The van der Waals surface area contributed by atoms with Crippen LogP contribution in [-0.2, 0) is 0 Å². The lowest BCUT2D eigenvalue weighted by Gasteiger charge is -2.11. The largest absolute Gasteiger partial charge is 0.309 e. The van der Waals surface area contributed by atoms with Gasteiger partial charge in [0.25, 0.3) is 0 Å². The smallest absolute Gasteiger partial charge is 0.0620 e. The fourth-order valence-corrected chi connectivity index (χ4v) is 7.59. The number of nitrogens with zero attached hydrogens (tertiary/aromatic N) is 2. The average molecular weight is 559 g/mol. The van der Waals surface area contributed by atoms with Gasteiger partial charge in [0, 0.05) is 38.0 Å². The van der Waals surface area contributed by atoms with Crippen LogP contribution in [0.5, 0.6) is 0 Å². The Morgan fingerprint density at radius 2 is 0.977 bits per heavy atom. The number of hydrogen-bond donors (Lipinski definition) is 0. The number of aromatic nitrogens is 2. The molecule has 0 aliphatic rings. The van der Waals surface area contributed by atoms with E-state index in [1.165, 1.54) is 87.8 Å². The Labute approximate surface area is 254 Å². The van der Waals surface area contributed by atoms with E-state index in [1.54, 1.807) is 0 Å². The summed E-state index contributed by atoms with van der Waals surface area (Å²) in [4.78, 5) is 0. The molecule has 10 aromatic rings. The van der Waals surface area contributed by atoms with Gasteiger partial charge in [0.2, 0.25) is 0 Å².